The predicted molar refractivity (Wildman–Crippen MR) is 80.1 cm³/mol. The molecule has 1 aromatic heterocycles. The van der Waals surface area contributed by atoms with Gasteiger partial charge in [0, 0.05) is 37.3 Å². The Morgan fingerprint density at radius 2 is 2.11 bits per heavy atom. The van der Waals surface area contributed by atoms with Crippen LogP contribution in [-0.4, -0.2) is 22.8 Å². The number of aliphatic hydroxyl groups is 1. The van der Waals surface area contributed by atoms with Crippen molar-refractivity contribution in [3.8, 4) is 0 Å². The Kier molecular flexibility index (Phi) is 5.00. The summed E-state index contributed by atoms with van der Waals surface area (Å²) in [6, 6.07) is 8.50. The molecule has 0 saturated heterocycles. The van der Waals surface area contributed by atoms with E-state index in [1.54, 1.807) is 0 Å². The van der Waals surface area contributed by atoms with Crippen molar-refractivity contribution in [2.75, 3.05) is 13.2 Å². The molecule has 2 rings (SSSR count). The third kappa shape index (κ3) is 3.37. The fourth-order valence-corrected chi connectivity index (χ4v) is 2.61. The lowest BCUT2D eigenvalue weighted by Crippen LogP contribution is -2.22. The predicted octanol–water partition coefficient (Wildman–Crippen LogP) is 2.68. The topological polar surface area (TPSA) is 37.2 Å². The van der Waals surface area contributed by atoms with Crippen molar-refractivity contribution in [1.29, 1.82) is 0 Å². The molecule has 1 heterocycles. The monoisotopic (exact) mass is 260 g/mol. The van der Waals surface area contributed by atoms with Crippen LogP contribution >= 0.6 is 0 Å². The molecule has 1 aromatic carbocycles. The summed E-state index contributed by atoms with van der Waals surface area (Å²) < 4.78 is 2.18. The Hall–Kier alpha value is -1.32. The maximum atomic E-state index is 9.00. The highest BCUT2D eigenvalue weighted by Gasteiger charge is 2.08. The summed E-state index contributed by atoms with van der Waals surface area (Å²) in [5, 5.41) is 13.8. The fourth-order valence-electron chi connectivity index (χ4n) is 2.61. The van der Waals surface area contributed by atoms with Gasteiger partial charge in [0.25, 0.3) is 0 Å². The number of nitrogens with zero attached hydrogens (tertiary/aromatic N) is 1. The second kappa shape index (κ2) is 6.73. The van der Waals surface area contributed by atoms with Crippen LogP contribution in [0.5, 0.6) is 0 Å². The van der Waals surface area contributed by atoms with Gasteiger partial charge in [0.1, 0.15) is 0 Å². The van der Waals surface area contributed by atoms with Crippen LogP contribution in [0.15, 0.2) is 30.5 Å². The SMILES string of the molecule is CCC(CCO)CNCc1cn(C)c2ccccc12. The first-order chi connectivity index (χ1) is 9.26. The highest BCUT2D eigenvalue weighted by atomic mass is 16.3. The Bertz CT molecular complexity index is 518. The van der Waals surface area contributed by atoms with Crippen LogP contribution in [0.4, 0.5) is 0 Å². The number of aliphatic hydroxyl groups excluding tert-OH is 1. The van der Waals surface area contributed by atoms with Gasteiger partial charge in [-0.2, -0.15) is 0 Å². The Labute approximate surface area is 115 Å². The second-order valence-corrected chi connectivity index (χ2v) is 5.20. The van der Waals surface area contributed by atoms with Crippen molar-refractivity contribution >= 4 is 10.9 Å². The lowest BCUT2D eigenvalue weighted by Gasteiger charge is -2.14. The maximum absolute atomic E-state index is 9.00. The van der Waals surface area contributed by atoms with Crippen LogP contribution in [0.25, 0.3) is 10.9 Å². The van der Waals surface area contributed by atoms with E-state index in [1.807, 2.05) is 0 Å². The Morgan fingerprint density at radius 1 is 1.32 bits per heavy atom. The van der Waals surface area contributed by atoms with Gasteiger partial charge in [-0.25, -0.2) is 0 Å². The largest absolute Gasteiger partial charge is 0.396 e. The third-order valence-electron chi connectivity index (χ3n) is 3.84. The first-order valence-electron chi connectivity index (χ1n) is 7.10. The summed E-state index contributed by atoms with van der Waals surface area (Å²) in [6.07, 6.45) is 4.20. The van der Waals surface area contributed by atoms with E-state index in [0.717, 1.165) is 25.9 Å². The van der Waals surface area contributed by atoms with Gasteiger partial charge < -0.3 is 15.0 Å². The van der Waals surface area contributed by atoms with Crippen molar-refractivity contribution in [3.05, 3.63) is 36.0 Å². The zero-order valence-corrected chi connectivity index (χ0v) is 11.9. The molecular formula is C16H24N2O. The number of hydrogen-bond acceptors (Lipinski definition) is 2. The van der Waals surface area contributed by atoms with E-state index in [0.29, 0.717) is 5.92 Å². The number of aromatic nitrogens is 1. The second-order valence-electron chi connectivity index (χ2n) is 5.20. The van der Waals surface area contributed by atoms with Crippen LogP contribution in [0.3, 0.4) is 0 Å². The molecule has 3 heteroatoms. The summed E-state index contributed by atoms with van der Waals surface area (Å²) in [5.41, 5.74) is 2.62. The van der Waals surface area contributed by atoms with Crippen LogP contribution < -0.4 is 5.32 Å². The summed E-state index contributed by atoms with van der Waals surface area (Å²) in [5.74, 6) is 0.569. The molecule has 0 spiro atoms. The average molecular weight is 260 g/mol. The van der Waals surface area contributed by atoms with Gasteiger partial charge in [-0.3, -0.25) is 0 Å². The maximum Gasteiger partial charge on any atom is 0.0481 e. The first-order valence-corrected chi connectivity index (χ1v) is 7.10. The van der Waals surface area contributed by atoms with Crippen LogP contribution in [0, 0.1) is 5.92 Å². The van der Waals surface area contributed by atoms with Crippen molar-refractivity contribution < 1.29 is 5.11 Å². The van der Waals surface area contributed by atoms with E-state index < -0.39 is 0 Å². The molecule has 3 nitrogen and oxygen atoms in total. The molecule has 0 aliphatic rings. The summed E-state index contributed by atoms with van der Waals surface area (Å²) in [7, 11) is 2.09. The smallest absolute Gasteiger partial charge is 0.0481 e. The summed E-state index contributed by atoms with van der Waals surface area (Å²) in [6.45, 7) is 4.33. The molecule has 19 heavy (non-hydrogen) atoms. The van der Waals surface area contributed by atoms with Crippen molar-refractivity contribution in [1.82, 2.24) is 9.88 Å². The van der Waals surface area contributed by atoms with Crippen molar-refractivity contribution in [2.24, 2.45) is 13.0 Å². The highest BCUT2D eigenvalue weighted by Crippen LogP contribution is 2.20. The van der Waals surface area contributed by atoms with Gasteiger partial charge in [-0.1, -0.05) is 31.5 Å². The molecule has 1 atom stereocenters. The van der Waals surface area contributed by atoms with Crippen molar-refractivity contribution in [2.45, 2.75) is 26.3 Å². The minimum Gasteiger partial charge on any atom is -0.396 e. The lowest BCUT2D eigenvalue weighted by molar-refractivity contribution is 0.251. The zero-order chi connectivity index (χ0) is 13.7. The third-order valence-corrected chi connectivity index (χ3v) is 3.84. The number of nitrogens with one attached hydrogen (secondary N) is 1. The molecule has 1 unspecified atom stereocenters. The van der Waals surface area contributed by atoms with Crippen LogP contribution in [0.1, 0.15) is 25.3 Å². The van der Waals surface area contributed by atoms with Crippen molar-refractivity contribution in [3.63, 3.8) is 0 Å². The number of benzene rings is 1. The normalized spacial score (nSPS) is 13.0. The van der Waals surface area contributed by atoms with Gasteiger partial charge in [-0.15, -0.1) is 0 Å². The molecular weight excluding hydrogens is 236 g/mol. The molecule has 104 valence electrons. The average Bonchev–Trinajstić information content (AvgIpc) is 2.75. The molecule has 2 aromatic rings. The Balaban J connectivity index is 1.98. The number of para-hydroxylation sites is 1. The van der Waals surface area contributed by atoms with Gasteiger partial charge in [0.15, 0.2) is 0 Å². The number of aryl methyl sites for hydroxylation is 1. The molecule has 0 radical (unpaired) electrons. The van der Waals surface area contributed by atoms with Gasteiger partial charge in [0.2, 0.25) is 0 Å². The van der Waals surface area contributed by atoms with E-state index in [2.05, 4.69) is 54.3 Å². The number of fused-ring (bicyclic) bond motifs is 1. The van der Waals surface area contributed by atoms with E-state index in [1.165, 1.54) is 16.5 Å². The molecule has 0 bridgehead atoms. The molecule has 0 saturated carbocycles. The summed E-state index contributed by atoms with van der Waals surface area (Å²) in [4.78, 5) is 0. The van der Waals surface area contributed by atoms with E-state index in [4.69, 9.17) is 5.11 Å². The van der Waals surface area contributed by atoms with E-state index in [9.17, 15) is 0 Å². The van der Waals surface area contributed by atoms with Crippen LogP contribution in [0.2, 0.25) is 0 Å². The van der Waals surface area contributed by atoms with Gasteiger partial charge >= 0.3 is 0 Å². The number of hydrogen-bond donors (Lipinski definition) is 2. The lowest BCUT2D eigenvalue weighted by atomic mass is 10.0. The number of rotatable bonds is 7. The zero-order valence-electron chi connectivity index (χ0n) is 11.9. The highest BCUT2D eigenvalue weighted by molar-refractivity contribution is 5.83. The fraction of sp³-hybridized carbons (Fsp3) is 0.500. The molecule has 0 aliphatic carbocycles. The molecule has 0 aliphatic heterocycles. The molecule has 0 amide bonds. The first kappa shape index (κ1) is 14.1. The molecule has 0 fully saturated rings. The van der Waals surface area contributed by atoms with E-state index in [-0.39, 0.29) is 6.61 Å². The Morgan fingerprint density at radius 3 is 2.84 bits per heavy atom. The molecule has 2 N–H and O–H groups in total. The standard InChI is InChI=1S/C16H24N2O/c1-3-13(8-9-19)10-17-11-14-12-18(2)16-7-5-4-6-15(14)16/h4-7,12-13,17,19H,3,8-11H2,1-2H3. The van der Waals surface area contributed by atoms with Gasteiger partial charge in [-0.05, 0) is 30.5 Å². The van der Waals surface area contributed by atoms with Crippen LogP contribution in [-0.2, 0) is 13.6 Å². The summed E-state index contributed by atoms with van der Waals surface area (Å²) >= 11 is 0. The minimum absolute atomic E-state index is 0.286. The van der Waals surface area contributed by atoms with E-state index >= 15 is 0 Å². The quantitative estimate of drug-likeness (QED) is 0.803. The minimum atomic E-state index is 0.286. The van der Waals surface area contributed by atoms with Gasteiger partial charge in [0.05, 0.1) is 0 Å².